The molecule has 2 heterocycles. The number of aliphatic hydroxyl groups is 1. The summed E-state index contributed by atoms with van der Waals surface area (Å²) in [5.41, 5.74) is 1.78. The van der Waals surface area contributed by atoms with E-state index in [0.717, 1.165) is 18.1 Å². The third-order valence-corrected chi connectivity index (χ3v) is 3.54. The molecule has 24 heavy (non-hydrogen) atoms. The summed E-state index contributed by atoms with van der Waals surface area (Å²) in [5, 5.41) is 17.7. The molecule has 0 radical (unpaired) electrons. The number of aromatic nitrogens is 2. The van der Waals surface area contributed by atoms with E-state index in [1.807, 2.05) is 38.5 Å². The summed E-state index contributed by atoms with van der Waals surface area (Å²) >= 11 is 0. The van der Waals surface area contributed by atoms with Gasteiger partial charge in [-0.15, -0.1) is 5.10 Å². The van der Waals surface area contributed by atoms with Gasteiger partial charge in [-0.05, 0) is 38.4 Å². The number of fused-ring (bicyclic) bond motifs is 1. The molecule has 0 atom stereocenters. The number of pyridine rings is 1. The predicted molar refractivity (Wildman–Crippen MR) is 94.2 cm³/mol. The van der Waals surface area contributed by atoms with Gasteiger partial charge in [-0.3, -0.25) is 4.79 Å². The molecule has 7 heteroatoms. The standard InChI is InChI=1S/C17H19N5O2/c1-21(2)10-8-18-17-16(14-5-3-4-9-22(14)20-17)19-13-7-6-12(23)11-15(13)24/h3-7,9,11,24H,8,10H2,1-2H3,(H,18,20). The highest BCUT2D eigenvalue weighted by molar-refractivity contribution is 6.19. The molecular weight excluding hydrogens is 306 g/mol. The van der Waals surface area contributed by atoms with E-state index in [0.29, 0.717) is 23.8 Å². The Bertz CT molecular complexity index is 861. The van der Waals surface area contributed by atoms with Crippen molar-refractivity contribution >= 4 is 28.5 Å². The normalized spacial score (nSPS) is 16.2. The monoisotopic (exact) mass is 325 g/mol. The molecule has 0 amide bonds. The first-order valence-electron chi connectivity index (χ1n) is 7.62. The van der Waals surface area contributed by atoms with Crippen LogP contribution in [0.15, 0.2) is 53.4 Å². The molecule has 2 aromatic rings. The second kappa shape index (κ2) is 6.67. The van der Waals surface area contributed by atoms with Crippen LogP contribution in [0.4, 0.5) is 11.5 Å². The van der Waals surface area contributed by atoms with Crippen LogP contribution in [0.3, 0.4) is 0 Å². The number of nitrogens with zero attached hydrogens (tertiary/aromatic N) is 4. The molecule has 0 saturated carbocycles. The molecule has 0 unspecified atom stereocenters. The van der Waals surface area contributed by atoms with Gasteiger partial charge in [-0.25, -0.2) is 9.51 Å². The van der Waals surface area contributed by atoms with E-state index < -0.39 is 0 Å². The molecule has 2 N–H and O–H groups in total. The van der Waals surface area contributed by atoms with Crippen molar-refractivity contribution < 1.29 is 9.90 Å². The molecule has 1 aliphatic rings. The SMILES string of the molecule is CN(C)CCNc1nn2ccccc2c1N=C1C=CC(=O)C=C1O. The van der Waals surface area contributed by atoms with Crippen molar-refractivity contribution in [2.45, 2.75) is 0 Å². The Hall–Kier alpha value is -2.93. The maximum Gasteiger partial charge on any atom is 0.182 e. The van der Waals surface area contributed by atoms with E-state index in [2.05, 4.69) is 20.3 Å². The molecule has 0 spiro atoms. The third kappa shape index (κ3) is 3.36. The van der Waals surface area contributed by atoms with Gasteiger partial charge in [0.25, 0.3) is 0 Å². The van der Waals surface area contributed by atoms with E-state index in [9.17, 15) is 9.90 Å². The Balaban J connectivity index is 2.00. The zero-order valence-corrected chi connectivity index (χ0v) is 13.6. The Labute approximate surface area is 139 Å². The van der Waals surface area contributed by atoms with E-state index in [4.69, 9.17) is 0 Å². The molecule has 0 aromatic carbocycles. The second-order valence-corrected chi connectivity index (χ2v) is 5.72. The van der Waals surface area contributed by atoms with Gasteiger partial charge in [0.2, 0.25) is 0 Å². The van der Waals surface area contributed by atoms with Gasteiger partial charge in [-0.1, -0.05) is 6.07 Å². The highest BCUT2D eigenvalue weighted by Crippen LogP contribution is 2.30. The summed E-state index contributed by atoms with van der Waals surface area (Å²) in [6.45, 7) is 1.56. The number of aliphatic imine (C=N–C) groups is 1. The van der Waals surface area contributed by atoms with Gasteiger partial charge in [0.15, 0.2) is 11.6 Å². The fourth-order valence-electron chi connectivity index (χ4n) is 2.33. The number of allylic oxidation sites excluding steroid dienone is 3. The number of ketones is 1. The average Bonchev–Trinajstić information content (AvgIpc) is 2.87. The van der Waals surface area contributed by atoms with Gasteiger partial charge in [-0.2, -0.15) is 0 Å². The van der Waals surface area contributed by atoms with Crippen molar-refractivity contribution in [3.63, 3.8) is 0 Å². The van der Waals surface area contributed by atoms with Crippen LogP contribution < -0.4 is 5.32 Å². The van der Waals surface area contributed by atoms with Crippen LogP contribution in [-0.2, 0) is 4.79 Å². The smallest absolute Gasteiger partial charge is 0.182 e. The molecule has 7 nitrogen and oxygen atoms in total. The minimum atomic E-state index is -0.254. The largest absolute Gasteiger partial charge is 0.506 e. The Morgan fingerprint density at radius 2 is 2.17 bits per heavy atom. The molecule has 0 bridgehead atoms. The molecule has 2 aromatic heterocycles. The zero-order chi connectivity index (χ0) is 17.1. The van der Waals surface area contributed by atoms with Crippen LogP contribution >= 0.6 is 0 Å². The lowest BCUT2D eigenvalue weighted by atomic mass is 10.1. The number of carbonyl (C=O) groups is 1. The van der Waals surface area contributed by atoms with E-state index >= 15 is 0 Å². The maximum atomic E-state index is 11.3. The van der Waals surface area contributed by atoms with E-state index in [1.165, 1.54) is 12.2 Å². The number of likely N-dealkylation sites (N-methyl/N-ethyl adjacent to an activating group) is 1. The van der Waals surface area contributed by atoms with E-state index in [-0.39, 0.29) is 11.5 Å². The lowest BCUT2D eigenvalue weighted by Gasteiger charge is -2.10. The topological polar surface area (TPSA) is 82.2 Å². The summed E-state index contributed by atoms with van der Waals surface area (Å²) in [6, 6.07) is 5.69. The van der Waals surface area contributed by atoms with Gasteiger partial charge in [0, 0.05) is 25.4 Å². The highest BCUT2D eigenvalue weighted by Gasteiger charge is 2.15. The first-order valence-corrected chi connectivity index (χ1v) is 7.62. The van der Waals surface area contributed by atoms with Crippen LogP contribution in [0.25, 0.3) is 5.52 Å². The van der Waals surface area contributed by atoms with Crippen LogP contribution in [0.2, 0.25) is 0 Å². The van der Waals surface area contributed by atoms with Gasteiger partial charge in [0.05, 0.1) is 5.52 Å². The summed E-state index contributed by atoms with van der Waals surface area (Å²) in [5.74, 6) is 0.237. The van der Waals surface area contributed by atoms with Gasteiger partial charge >= 0.3 is 0 Å². The molecule has 0 fully saturated rings. The molecular formula is C17H19N5O2. The van der Waals surface area contributed by atoms with Gasteiger partial charge in [0.1, 0.15) is 17.2 Å². The lowest BCUT2D eigenvalue weighted by molar-refractivity contribution is -0.110. The highest BCUT2D eigenvalue weighted by atomic mass is 16.3. The minimum absolute atomic E-state index is 0.142. The van der Waals surface area contributed by atoms with Crippen molar-refractivity contribution in [3.05, 3.63) is 48.4 Å². The zero-order valence-electron chi connectivity index (χ0n) is 13.6. The minimum Gasteiger partial charge on any atom is -0.506 e. The van der Waals surface area contributed by atoms with Crippen LogP contribution in [0.1, 0.15) is 0 Å². The molecule has 0 aliphatic heterocycles. The number of nitrogens with one attached hydrogen (secondary N) is 1. The van der Waals surface area contributed by atoms with Crippen molar-refractivity contribution in [3.8, 4) is 0 Å². The summed E-state index contributed by atoms with van der Waals surface area (Å²) in [7, 11) is 4.00. The Kier molecular flexibility index (Phi) is 4.43. The first kappa shape index (κ1) is 15.9. The Morgan fingerprint density at radius 1 is 1.33 bits per heavy atom. The number of carbonyl (C=O) groups excluding carboxylic acids is 1. The number of anilines is 1. The van der Waals surface area contributed by atoms with Gasteiger partial charge < -0.3 is 15.3 Å². The van der Waals surface area contributed by atoms with Crippen molar-refractivity contribution in [1.29, 1.82) is 0 Å². The fraction of sp³-hybridized carbons (Fsp3) is 0.235. The molecule has 1 aliphatic carbocycles. The predicted octanol–water partition coefficient (Wildman–Crippen LogP) is 1.96. The lowest BCUT2D eigenvalue weighted by Crippen LogP contribution is -2.21. The number of hydrogen-bond acceptors (Lipinski definition) is 6. The number of rotatable bonds is 5. The fourth-order valence-corrected chi connectivity index (χ4v) is 2.33. The van der Waals surface area contributed by atoms with E-state index in [1.54, 1.807) is 4.52 Å². The quantitative estimate of drug-likeness (QED) is 0.821. The van der Waals surface area contributed by atoms with Crippen LogP contribution in [0.5, 0.6) is 0 Å². The van der Waals surface area contributed by atoms with Crippen LogP contribution in [-0.4, -0.2) is 58.3 Å². The summed E-state index contributed by atoms with van der Waals surface area (Å²) in [4.78, 5) is 17.9. The second-order valence-electron chi connectivity index (χ2n) is 5.72. The average molecular weight is 325 g/mol. The number of aliphatic hydroxyl groups excluding tert-OH is 1. The first-order chi connectivity index (χ1) is 11.5. The molecule has 124 valence electrons. The van der Waals surface area contributed by atoms with Crippen molar-refractivity contribution in [2.24, 2.45) is 4.99 Å². The van der Waals surface area contributed by atoms with Crippen LogP contribution in [0, 0.1) is 0 Å². The Morgan fingerprint density at radius 3 is 2.92 bits per heavy atom. The molecule has 0 saturated heterocycles. The maximum absolute atomic E-state index is 11.3. The summed E-state index contributed by atoms with van der Waals surface area (Å²) in [6.07, 6.45) is 5.88. The van der Waals surface area contributed by atoms with Crippen molar-refractivity contribution in [2.75, 3.05) is 32.5 Å². The third-order valence-electron chi connectivity index (χ3n) is 3.54. The molecule has 3 rings (SSSR count). The summed E-state index contributed by atoms with van der Waals surface area (Å²) < 4.78 is 1.73. The number of hydrogen-bond donors (Lipinski definition) is 2. The van der Waals surface area contributed by atoms with Crippen molar-refractivity contribution in [1.82, 2.24) is 14.5 Å².